The van der Waals surface area contributed by atoms with E-state index in [0.717, 1.165) is 11.1 Å². The van der Waals surface area contributed by atoms with Gasteiger partial charge in [0, 0.05) is 6.54 Å². The summed E-state index contributed by atoms with van der Waals surface area (Å²) >= 11 is 0. The third-order valence-corrected chi connectivity index (χ3v) is 2.15. The third-order valence-electron chi connectivity index (χ3n) is 2.15. The Morgan fingerprint density at radius 2 is 2.00 bits per heavy atom. The molecule has 88 valence electrons. The Bertz CT molecular complexity index is 391. The Morgan fingerprint density at radius 1 is 1.38 bits per heavy atom. The van der Waals surface area contributed by atoms with Crippen molar-refractivity contribution in [3.63, 3.8) is 0 Å². The summed E-state index contributed by atoms with van der Waals surface area (Å²) in [4.78, 5) is 11.8. The molecule has 0 aliphatic rings. The number of benzene rings is 1. The topological polar surface area (TPSA) is 52.3 Å². The lowest BCUT2D eigenvalue weighted by Crippen LogP contribution is -2.24. The van der Waals surface area contributed by atoms with Crippen LogP contribution >= 0.6 is 0 Å². The van der Waals surface area contributed by atoms with Crippen LogP contribution in [0.4, 0.5) is 0 Å². The van der Waals surface area contributed by atoms with Gasteiger partial charge in [-0.2, -0.15) is 0 Å². The lowest BCUT2D eigenvalue weighted by molar-refractivity contribution is 0.00688. The summed E-state index contributed by atoms with van der Waals surface area (Å²) in [5.41, 5.74) is 7.59. The number of hydrogen-bond acceptors (Lipinski definition) is 3. The van der Waals surface area contributed by atoms with Crippen LogP contribution in [0.5, 0.6) is 0 Å². The number of esters is 1. The number of carbonyl (C=O) groups excluding carboxylic acids is 1. The van der Waals surface area contributed by atoms with Crippen LogP contribution in [0, 0.1) is 6.92 Å². The van der Waals surface area contributed by atoms with Crippen molar-refractivity contribution in [1.82, 2.24) is 0 Å². The zero-order chi connectivity index (χ0) is 12.3. The van der Waals surface area contributed by atoms with Crippen molar-refractivity contribution in [2.24, 2.45) is 5.73 Å². The van der Waals surface area contributed by atoms with E-state index in [-0.39, 0.29) is 5.97 Å². The quantitative estimate of drug-likeness (QED) is 0.780. The van der Waals surface area contributed by atoms with Gasteiger partial charge in [0.2, 0.25) is 0 Å². The summed E-state index contributed by atoms with van der Waals surface area (Å²) in [6.45, 7) is 7.94. The number of nitrogens with two attached hydrogens (primary N) is 1. The molecule has 0 fully saturated rings. The average molecular weight is 221 g/mol. The minimum absolute atomic E-state index is 0.284. The predicted octanol–water partition coefficient (Wildman–Crippen LogP) is 2.41. The first-order valence-corrected chi connectivity index (χ1v) is 5.36. The van der Waals surface area contributed by atoms with Crippen LogP contribution in [-0.4, -0.2) is 11.6 Å². The van der Waals surface area contributed by atoms with Crippen LogP contribution in [0.15, 0.2) is 18.2 Å². The van der Waals surface area contributed by atoms with Gasteiger partial charge in [0.25, 0.3) is 0 Å². The smallest absolute Gasteiger partial charge is 0.338 e. The standard InChI is InChI=1S/C13H19NO2/c1-9-7-10(8-14)5-6-11(9)12(15)16-13(2,3)4/h5-7H,8,14H2,1-4H3. The van der Waals surface area contributed by atoms with Gasteiger partial charge in [0.15, 0.2) is 0 Å². The molecule has 0 bridgehead atoms. The predicted molar refractivity (Wildman–Crippen MR) is 64.2 cm³/mol. The largest absolute Gasteiger partial charge is 0.456 e. The first kappa shape index (κ1) is 12.7. The molecule has 3 heteroatoms. The van der Waals surface area contributed by atoms with E-state index in [9.17, 15) is 4.79 Å². The van der Waals surface area contributed by atoms with Gasteiger partial charge in [-0.05, 0) is 44.9 Å². The molecule has 1 aromatic rings. The highest BCUT2D eigenvalue weighted by Crippen LogP contribution is 2.16. The van der Waals surface area contributed by atoms with Gasteiger partial charge in [-0.25, -0.2) is 4.79 Å². The summed E-state index contributed by atoms with van der Waals surface area (Å²) in [7, 11) is 0. The molecule has 0 unspecified atom stereocenters. The van der Waals surface area contributed by atoms with Crippen LogP contribution < -0.4 is 5.73 Å². The zero-order valence-corrected chi connectivity index (χ0v) is 10.3. The lowest BCUT2D eigenvalue weighted by atomic mass is 10.0. The highest BCUT2D eigenvalue weighted by Gasteiger charge is 2.19. The maximum Gasteiger partial charge on any atom is 0.338 e. The van der Waals surface area contributed by atoms with Crippen molar-refractivity contribution in [2.45, 2.75) is 39.8 Å². The second-order valence-corrected chi connectivity index (χ2v) is 4.86. The summed E-state index contributed by atoms with van der Waals surface area (Å²) in [5, 5.41) is 0. The molecule has 0 spiro atoms. The van der Waals surface area contributed by atoms with Crippen molar-refractivity contribution in [2.75, 3.05) is 0 Å². The highest BCUT2D eigenvalue weighted by molar-refractivity contribution is 5.91. The first-order valence-electron chi connectivity index (χ1n) is 5.36. The fourth-order valence-electron chi connectivity index (χ4n) is 1.41. The molecular weight excluding hydrogens is 202 g/mol. The molecule has 1 rings (SSSR count). The Kier molecular flexibility index (Phi) is 3.70. The summed E-state index contributed by atoms with van der Waals surface area (Å²) in [5.74, 6) is -0.284. The molecule has 0 aromatic heterocycles. The normalized spacial score (nSPS) is 11.3. The number of hydrogen-bond donors (Lipinski definition) is 1. The zero-order valence-electron chi connectivity index (χ0n) is 10.3. The molecule has 0 aliphatic heterocycles. The average Bonchev–Trinajstić information content (AvgIpc) is 2.14. The molecule has 0 aliphatic carbocycles. The SMILES string of the molecule is Cc1cc(CN)ccc1C(=O)OC(C)(C)C. The molecule has 0 atom stereocenters. The Morgan fingerprint density at radius 3 is 2.44 bits per heavy atom. The maximum absolute atomic E-state index is 11.8. The van der Waals surface area contributed by atoms with Gasteiger partial charge in [0.1, 0.15) is 5.60 Å². The highest BCUT2D eigenvalue weighted by atomic mass is 16.6. The summed E-state index contributed by atoms with van der Waals surface area (Å²) in [6, 6.07) is 5.54. The minimum Gasteiger partial charge on any atom is -0.456 e. The van der Waals surface area contributed by atoms with Gasteiger partial charge >= 0.3 is 5.97 Å². The number of rotatable bonds is 2. The van der Waals surface area contributed by atoms with Gasteiger partial charge in [0.05, 0.1) is 5.56 Å². The Balaban J connectivity index is 2.93. The van der Waals surface area contributed by atoms with Crippen molar-refractivity contribution in [1.29, 1.82) is 0 Å². The first-order chi connectivity index (χ1) is 7.33. The molecule has 0 radical (unpaired) electrons. The van der Waals surface area contributed by atoms with Gasteiger partial charge < -0.3 is 10.5 Å². The van der Waals surface area contributed by atoms with E-state index in [1.54, 1.807) is 6.07 Å². The molecule has 2 N–H and O–H groups in total. The van der Waals surface area contributed by atoms with Crippen molar-refractivity contribution in [3.05, 3.63) is 34.9 Å². The molecule has 0 saturated carbocycles. The van der Waals surface area contributed by atoms with Gasteiger partial charge in [-0.1, -0.05) is 12.1 Å². The van der Waals surface area contributed by atoms with E-state index < -0.39 is 5.60 Å². The van der Waals surface area contributed by atoms with Crippen LogP contribution in [0.1, 0.15) is 42.3 Å². The van der Waals surface area contributed by atoms with Crippen LogP contribution in [-0.2, 0) is 11.3 Å². The monoisotopic (exact) mass is 221 g/mol. The summed E-state index contributed by atoms with van der Waals surface area (Å²) in [6.07, 6.45) is 0. The van der Waals surface area contributed by atoms with E-state index in [0.29, 0.717) is 12.1 Å². The lowest BCUT2D eigenvalue weighted by Gasteiger charge is -2.20. The number of ether oxygens (including phenoxy) is 1. The van der Waals surface area contributed by atoms with Gasteiger partial charge in [-0.3, -0.25) is 0 Å². The van der Waals surface area contributed by atoms with Crippen molar-refractivity contribution >= 4 is 5.97 Å². The fourth-order valence-corrected chi connectivity index (χ4v) is 1.41. The molecule has 16 heavy (non-hydrogen) atoms. The molecule has 3 nitrogen and oxygen atoms in total. The van der Waals surface area contributed by atoms with E-state index in [1.165, 1.54) is 0 Å². The van der Waals surface area contributed by atoms with Crippen LogP contribution in [0.3, 0.4) is 0 Å². The molecule has 0 heterocycles. The molecular formula is C13H19NO2. The van der Waals surface area contributed by atoms with Crippen molar-refractivity contribution < 1.29 is 9.53 Å². The van der Waals surface area contributed by atoms with Crippen molar-refractivity contribution in [3.8, 4) is 0 Å². The van der Waals surface area contributed by atoms with E-state index >= 15 is 0 Å². The second-order valence-electron chi connectivity index (χ2n) is 4.86. The fraction of sp³-hybridized carbons (Fsp3) is 0.462. The number of carbonyl (C=O) groups is 1. The summed E-state index contributed by atoms with van der Waals surface area (Å²) < 4.78 is 5.31. The van der Waals surface area contributed by atoms with Crippen LogP contribution in [0.25, 0.3) is 0 Å². The maximum atomic E-state index is 11.8. The van der Waals surface area contributed by atoms with E-state index in [4.69, 9.17) is 10.5 Å². The third kappa shape index (κ3) is 3.35. The number of aryl methyl sites for hydroxylation is 1. The molecule has 1 aromatic carbocycles. The Hall–Kier alpha value is -1.35. The van der Waals surface area contributed by atoms with Gasteiger partial charge in [-0.15, -0.1) is 0 Å². The van der Waals surface area contributed by atoms with E-state index in [2.05, 4.69) is 0 Å². The molecule has 0 amide bonds. The molecule has 0 saturated heterocycles. The minimum atomic E-state index is -0.462. The van der Waals surface area contributed by atoms with Crippen LogP contribution in [0.2, 0.25) is 0 Å². The van der Waals surface area contributed by atoms with E-state index in [1.807, 2.05) is 39.8 Å². The Labute approximate surface area is 96.6 Å². The second kappa shape index (κ2) is 4.66.